The Balaban J connectivity index is 1.69. The second kappa shape index (κ2) is 9.05. The number of benzene rings is 1. The fraction of sp³-hybridized carbons (Fsp3) is 0.450. The maximum Gasteiger partial charge on any atom is 0.230 e. The van der Waals surface area contributed by atoms with Gasteiger partial charge in [0, 0.05) is 18.4 Å². The normalized spacial score (nSPS) is 20.7. The summed E-state index contributed by atoms with van der Waals surface area (Å²) in [5.41, 5.74) is 1.13. The molecule has 142 valence electrons. The Morgan fingerprint density at radius 2 is 1.96 bits per heavy atom. The second-order valence-electron chi connectivity index (χ2n) is 6.90. The lowest BCUT2D eigenvalue weighted by Gasteiger charge is -2.25. The lowest BCUT2D eigenvalue weighted by molar-refractivity contribution is -0.121. The van der Waals surface area contributed by atoms with Gasteiger partial charge in [-0.15, -0.1) is 0 Å². The van der Waals surface area contributed by atoms with E-state index in [2.05, 4.69) is 16.7 Å². The molecule has 1 aromatic rings. The van der Waals surface area contributed by atoms with Gasteiger partial charge in [-0.3, -0.25) is 9.59 Å². The minimum atomic E-state index is -0.423. The molecule has 7 heteroatoms. The van der Waals surface area contributed by atoms with Crippen molar-refractivity contribution in [2.75, 3.05) is 5.75 Å². The Hall–Kier alpha value is -2.33. The van der Waals surface area contributed by atoms with E-state index in [9.17, 15) is 19.2 Å². The van der Waals surface area contributed by atoms with Crippen LogP contribution in [0.25, 0.3) is 0 Å². The first-order valence-electron chi connectivity index (χ1n) is 9.18. The zero-order valence-corrected chi connectivity index (χ0v) is 15.8. The predicted octanol–water partition coefficient (Wildman–Crippen LogP) is 3.35. The average Bonchev–Trinajstić information content (AvgIpc) is 2.67. The summed E-state index contributed by atoms with van der Waals surface area (Å²) in [6, 6.07) is 8.21. The zero-order valence-electron chi connectivity index (χ0n) is 15.0. The number of thioether (sulfide) groups is 1. The van der Waals surface area contributed by atoms with Crippen molar-refractivity contribution in [3.8, 4) is 6.07 Å². The fourth-order valence-electron chi connectivity index (χ4n) is 3.57. The number of halogens is 1. The largest absolute Gasteiger partial charge is 0.353 e. The van der Waals surface area contributed by atoms with E-state index in [1.54, 1.807) is 12.1 Å². The number of amides is 2. The number of nitriles is 1. The molecule has 1 heterocycles. The first-order valence-corrected chi connectivity index (χ1v) is 10.2. The van der Waals surface area contributed by atoms with Crippen LogP contribution in [0.2, 0.25) is 0 Å². The lowest BCUT2D eigenvalue weighted by Crippen LogP contribution is -2.38. The molecule has 2 N–H and O–H groups in total. The average molecular weight is 387 g/mol. The van der Waals surface area contributed by atoms with Crippen molar-refractivity contribution in [2.45, 2.75) is 50.5 Å². The van der Waals surface area contributed by atoms with Gasteiger partial charge in [0.05, 0.1) is 22.4 Å². The highest BCUT2D eigenvalue weighted by molar-refractivity contribution is 8.03. The van der Waals surface area contributed by atoms with Crippen molar-refractivity contribution in [1.82, 2.24) is 10.6 Å². The predicted molar refractivity (Wildman–Crippen MR) is 102 cm³/mol. The van der Waals surface area contributed by atoms with E-state index < -0.39 is 5.92 Å². The number of hydrogen-bond acceptors (Lipinski definition) is 4. The van der Waals surface area contributed by atoms with Gasteiger partial charge >= 0.3 is 0 Å². The summed E-state index contributed by atoms with van der Waals surface area (Å²) in [6.45, 7) is 0. The maximum absolute atomic E-state index is 13.2. The molecule has 1 saturated carbocycles. The minimum absolute atomic E-state index is 0.0881. The summed E-state index contributed by atoms with van der Waals surface area (Å²) in [5, 5.41) is 15.8. The van der Waals surface area contributed by atoms with Crippen LogP contribution in [0, 0.1) is 17.1 Å². The Morgan fingerprint density at radius 3 is 2.63 bits per heavy atom. The molecule has 3 rings (SSSR count). The molecule has 1 aromatic carbocycles. The third-order valence-electron chi connectivity index (χ3n) is 4.95. The van der Waals surface area contributed by atoms with Crippen molar-refractivity contribution in [2.24, 2.45) is 0 Å². The van der Waals surface area contributed by atoms with E-state index in [0.717, 1.165) is 25.7 Å². The SMILES string of the molecule is N#CC1=C(SCC(=O)NC2CCCCC2)NC(=O)CC1c1ccc(F)cc1. The van der Waals surface area contributed by atoms with E-state index in [-0.39, 0.29) is 35.8 Å². The standard InChI is InChI=1S/C20H22FN3O2S/c21-14-8-6-13(7-9-14)16-10-18(25)24-20(17(16)11-22)27-12-19(26)23-15-4-2-1-3-5-15/h6-9,15-16H,1-5,10,12H2,(H,23,26)(H,24,25). The Morgan fingerprint density at radius 1 is 1.26 bits per heavy atom. The quantitative estimate of drug-likeness (QED) is 0.812. The molecule has 0 spiro atoms. The number of hydrogen-bond donors (Lipinski definition) is 2. The summed E-state index contributed by atoms with van der Waals surface area (Å²) in [6.07, 6.45) is 5.63. The van der Waals surface area contributed by atoms with E-state index in [0.29, 0.717) is 16.2 Å². The van der Waals surface area contributed by atoms with Crippen molar-refractivity contribution in [3.63, 3.8) is 0 Å². The number of allylic oxidation sites excluding steroid dienone is 1. The molecule has 1 fully saturated rings. The molecule has 1 aliphatic carbocycles. The smallest absolute Gasteiger partial charge is 0.230 e. The van der Waals surface area contributed by atoms with Gasteiger partial charge in [-0.2, -0.15) is 5.26 Å². The zero-order chi connectivity index (χ0) is 19.2. The van der Waals surface area contributed by atoms with Crippen LogP contribution in [-0.4, -0.2) is 23.6 Å². The summed E-state index contributed by atoms with van der Waals surface area (Å²) in [4.78, 5) is 24.3. The van der Waals surface area contributed by atoms with Gasteiger partial charge in [0.2, 0.25) is 11.8 Å². The number of nitrogens with one attached hydrogen (secondary N) is 2. The van der Waals surface area contributed by atoms with Crippen LogP contribution in [-0.2, 0) is 9.59 Å². The van der Waals surface area contributed by atoms with Gasteiger partial charge < -0.3 is 10.6 Å². The van der Waals surface area contributed by atoms with Crippen LogP contribution in [0.5, 0.6) is 0 Å². The third kappa shape index (κ3) is 5.10. The van der Waals surface area contributed by atoms with Crippen LogP contribution in [0.15, 0.2) is 34.9 Å². The van der Waals surface area contributed by atoms with Crippen molar-refractivity contribution >= 4 is 23.6 Å². The molecule has 1 aliphatic heterocycles. The Bertz CT molecular complexity index is 779. The van der Waals surface area contributed by atoms with Gasteiger partial charge in [0.25, 0.3) is 0 Å². The number of carbonyl (C=O) groups excluding carboxylic acids is 2. The van der Waals surface area contributed by atoms with Gasteiger partial charge in [-0.25, -0.2) is 4.39 Å². The van der Waals surface area contributed by atoms with Crippen molar-refractivity contribution in [1.29, 1.82) is 5.26 Å². The summed E-state index contributed by atoms with van der Waals surface area (Å²) in [5.74, 6) is -0.940. The molecule has 0 bridgehead atoms. The van der Waals surface area contributed by atoms with Gasteiger partial charge in [-0.1, -0.05) is 43.2 Å². The van der Waals surface area contributed by atoms with Crippen LogP contribution < -0.4 is 10.6 Å². The molecule has 0 aromatic heterocycles. The number of rotatable bonds is 5. The van der Waals surface area contributed by atoms with Crippen LogP contribution in [0.3, 0.4) is 0 Å². The third-order valence-corrected chi connectivity index (χ3v) is 5.96. The topological polar surface area (TPSA) is 82.0 Å². The Labute approximate surface area is 162 Å². The molecule has 1 atom stereocenters. The molecule has 0 radical (unpaired) electrons. The maximum atomic E-state index is 13.2. The van der Waals surface area contributed by atoms with E-state index in [1.807, 2.05) is 0 Å². The van der Waals surface area contributed by atoms with Crippen LogP contribution >= 0.6 is 11.8 Å². The molecule has 0 saturated heterocycles. The van der Waals surface area contributed by atoms with Crippen molar-refractivity contribution < 1.29 is 14.0 Å². The highest BCUT2D eigenvalue weighted by atomic mass is 32.2. The van der Waals surface area contributed by atoms with Crippen LogP contribution in [0.4, 0.5) is 4.39 Å². The highest BCUT2D eigenvalue weighted by Crippen LogP contribution is 2.35. The van der Waals surface area contributed by atoms with Crippen molar-refractivity contribution in [3.05, 3.63) is 46.2 Å². The first-order chi connectivity index (χ1) is 13.1. The molecule has 2 aliphatic rings. The van der Waals surface area contributed by atoms with Crippen LogP contribution in [0.1, 0.15) is 50.0 Å². The Kier molecular flexibility index (Phi) is 6.51. The molecule has 2 amide bonds. The van der Waals surface area contributed by atoms with Gasteiger partial charge in [-0.05, 0) is 30.5 Å². The van der Waals surface area contributed by atoms with E-state index in [4.69, 9.17) is 0 Å². The van der Waals surface area contributed by atoms with E-state index in [1.165, 1.54) is 30.3 Å². The van der Waals surface area contributed by atoms with Gasteiger partial charge in [0.15, 0.2) is 0 Å². The monoisotopic (exact) mass is 387 g/mol. The molecular formula is C20H22FN3O2S. The summed E-state index contributed by atoms with van der Waals surface area (Å²) < 4.78 is 13.2. The lowest BCUT2D eigenvalue weighted by atomic mass is 9.87. The minimum Gasteiger partial charge on any atom is -0.353 e. The molecule has 27 heavy (non-hydrogen) atoms. The highest BCUT2D eigenvalue weighted by Gasteiger charge is 2.30. The number of nitrogens with zero attached hydrogens (tertiary/aromatic N) is 1. The van der Waals surface area contributed by atoms with Gasteiger partial charge in [0.1, 0.15) is 5.82 Å². The fourth-order valence-corrected chi connectivity index (χ4v) is 4.45. The number of carbonyl (C=O) groups is 2. The summed E-state index contributed by atoms with van der Waals surface area (Å²) in [7, 11) is 0. The summed E-state index contributed by atoms with van der Waals surface area (Å²) >= 11 is 1.17. The second-order valence-corrected chi connectivity index (χ2v) is 7.89. The molecular weight excluding hydrogens is 365 g/mol. The molecule has 5 nitrogen and oxygen atoms in total. The first kappa shape index (κ1) is 19.4. The molecule has 1 unspecified atom stereocenters. The van der Waals surface area contributed by atoms with E-state index >= 15 is 0 Å².